The molecule has 0 amide bonds. The highest BCUT2D eigenvalue weighted by Gasteiger charge is 2.38. The Morgan fingerprint density at radius 1 is 1.20 bits per heavy atom. The third kappa shape index (κ3) is 5.61. The van der Waals surface area contributed by atoms with Crippen molar-refractivity contribution in [2.24, 2.45) is 5.92 Å². The average molecular weight is 471 g/mol. The van der Waals surface area contributed by atoms with Crippen LogP contribution in [-0.4, -0.2) is 45.8 Å². The molecule has 0 radical (unpaired) electrons. The fraction of sp³-hybridized carbons (Fsp3) is 0.455. The number of rotatable bonds is 7. The lowest BCUT2D eigenvalue weighted by Gasteiger charge is -2.45. The van der Waals surface area contributed by atoms with E-state index in [9.17, 15) is 8.42 Å². The Bertz CT molecular complexity index is 979. The number of para-hydroxylation sites is 1. The van der Waals surface area contributed by atoms with Gasteiger partial charge in [-0.05, 0) is 54.1 Å². The molecule has 1 heterocycles. The first-order chi connectivity index (χ1) is 14.1. The lowest BCUT2D eigenvalue weighted by atomic mass is 9.68. The molecule has 2 atom stereocenters. The highest BCUT2D eigenvalue weighted by atomic mass is 35.5. The Hall–Kier alpha value is -1.47. The van der Waals surface area contributed by atoms with Crippen LogP contribution in [0.2, 0.25) is 10.0 Å². The normalized spacial score (nSPS) is 22.6. The molecule has 0 bridgehead atoms. The second kappa shape index (κ2) is 9.35. The van der Waals surface area contributed by atoms with Crippen LogP contribution in [0.1, 0.15) is 25.8 Å². The highest BCUT2D eigenvalue weighted by Crippen LogP contribution is 2.40. The minimum Gasteiger partial charge on any atom is -0.489 e. The summed E-state index contributed by atoms with van der Waals surface area (Å²) in [5.74, 6) is 0.926. The summed E-state index contributed by atoms with van der Waals surface area (Å²) in [6.45, 7) is 7.67. The smallest absolute Gasteiger partial charge is 0.229 e. The average Bonchev–Trinajstić information content (AvgIpc) is 2.66. The van der Waals surface area contributed by atoms with Gasteiger partial charge in [0, 0.05) is 18.8 Å². The molecule has 0 aromatic heterocycles. The summed E-state index contributed by atoms with van der Waals surface area (Å²) in [5, 5.41) is 1.04. The maximum Gasteiger partial charge on any atom is 0.229 e. The van der Waals surface area contributed by atoms with Gasteiger partial charge in [-0.25, -0.2) is 8.42 Å². The van der Waals surface area contributed by atoms with Gasteiger partial charge in [0.2, 0.25) is 10.0 Å². The number of halogens is 2. The van der Waals surface area contributed by atoms with Crippen LogP contribution >= 0.6 is 23.2 Å². The summed E-state index contributed by atoms with van der Waals surface area (Å²) in [5.41, 5.74) is 1.73. The van der Waals surface area contributed by atoms with Crippen LogP contribution < -0.4 is 9.46 Å². The van der Waals surface area contributed by atoms with Gasteiger partial charge in [0.1, 0.15) is 6.61 Å². The van der Waals surface area contributed by atoms with Gasteiger partial charge in [0.25, 0.3) is 0 Å². The van der Waals surface area contributed by atoms with E-state index in [1.807, 2.05) is 12.1 Å². The maximum atomic E-state index is 11.6. The molecule has 2 aromatic carbocycles. The van der Waals surface area contributed by atoms with Crippen LogP contribution in [0.5, 0.6) is 5.75 Å². The summed E-state index contributed by atoms with van der Waals surface area (Å²) in [7, 11) is -3.30. The largest absolute Gasteiger partial charge is 0.489 e. The van der Waals surface area contributed by atoms with Gasteiger partial charge in [-0.3, -0.25) is 9.62 Å². The molecule has 30 heavy (non-hydrogen) atoms. The lowest BCUT2D eigenvalue weighted by molar-refractivity contribution is 0.0971. The molecule has 1 fully saturated rings. The second-order valence-corrected chi connectivity index (χ2v) is 10.8. The molecule has 0 spiro atoms. The van der Waals surface area contributed by atoms with E-state index in [4.69, 9.17) is 27.9 Å². The molecule has 1 aliphatic rings. The molecular formula is C22H28Cl2N2O3S. The first-order valence-corrected chi connectivity index (χ1v) is 12.6. The molecule has 1 N–H and O–H groups in total. The Morgan fingerprint density at radius 3 is 2.50 bits per heavy atom. The Balaban J connectivity index is 1.61. The maximum absolute atomic E-state index is 11.6. The predicted molar refractivity (Wildman–Crippen MR) is 124 cm³/mol. The number of sulfonamides is 1. The second-order valence-electron chi connectivity index (χ2n) is 8.22. The van der Waals surface area contributed by atoms with Crippen LogP contribution in [-0.2, 0) is 15.4 Å². The Morgan fingerprint density at radius 2 is 1.87 bits per heavy atom. The van der Waals surface area contributed by atoms with Crippen molar-refractivity contribution in [2.75, 3.05) is 37.2 Å². The van der Waals surface area contributed by atoms with E-state index in [0.717, 1.165) is 31.6 Å². The number of hydrogen-bond acceptors (Lipinski definition) is 4. The summed E-state index contributed by atoms with van der Waals surface area (Å²) < 4.78 is 31.6. The molecule has 0 saturated carbocycles. The van der Waals surface area contributed by atoms with Crippen molar-refractivity contribution < 1.29 is 13.2 Å². The SMILES string of the molecule is C[C@H]1CN(CCOc2c(Cl)cccc2Cl)CC[C@]1(C)c1cccc(NS(C)(=O)=O)c1. The van der Waals surface area contributed by atoms with E-state index in [-0.39, 0.29) is 5.41 Å². The molecule has 2 aromatic rings. The summed E-state index contributed by atoms with van der Waals surface area (Å²) in [6, 6.07) is 13.1. The number of hydrogen-bond donors (Lipinski definition) is 1. The van der Waals surface area contributed by atoms with Gasteiger partial charge >= 0.3 is 0 Å². The topological polar surface area (TPSA) is 58.6 Å². The van der Waals surface area contributed by atoms with Crippen molar-refractivity contribution in [1.29, 1.82) is 0 Å². The molecular weight excluding hydrogens is 443 g/mol. The number of nitrogens with zero attached hydrogens (tertiary/aromatic N) is 1. The van der Waals surface area contributed by atoms with Gasteiger partial charge < -0.3 is 4.74 Å². The molecule has 1 aliphatic heterocycles. The summed E-state index contributed by atoms with van der Waals surface area (Å²) in [4.78, 5) is 2.38. The number of nitrogens with one attached hydrogen (secondary N) is 1. The third-order valence-electron chi connectivity index (χ3n) is 5.97. The summed E-state index contributed by atoms with van der Waals surface area (Å²) in [6.07, 6.45) is 2.14. The zero-order valence-electron chi connectivity index (χ0n) is 17.5. The van der Waals surface area contributed by atoms with Crippen molar-refractivity contribution in [1.82, 2.24) is 4.90 Å². The number of likely N-dealkylation sites (tertiary alicyclic amines) is 1. The Labute approximate surface area is 189 Å². The van der Waals surface area contributed by atoms with E-state index in [1.165, 1.54) is 6.26 Å². The van der Waals surface area contributed by atoms with Crippen LogP contribution in [0.25, 0.3) is 0 Å². The van der Waals surface area contributed by atoms with Crippen LogP contribution in [0.4, 0.5) is 5.69 Å². The van der Waals surface area contributed by atoms with E-state index in [2.05, 4.69) is 29.5 Å². The molecule has 1 saturated heterocycles. The standard InChI is InChI=1S/C22H28Cl2N2O3S/c1-16-15-26(12-13-29-21-19(23)8-5-9-20(21)24)11-10-22(16,2)17-6-4-7-18(14-17)25-30(3,27)28/h4-9,14,16,25H,10-13,15H2,1-3H3/t16-,22-/m0/s1. The van der Waals surface area contributed by atoms with Crippen molar-refractivity contribution in [3.63, 3.8) is 0 Å². The summed E-state index contributed by atoms with van der Waals surface area (Å²) >= 11 is 12.3. The number of ether oxygens (including phenoxy) is 1. The molecule has 5 nitrogen and oxygen atoms in total. The van der Waals surface area contributed by atoms with Crippen LogP contribution in [0, 0.1) is 5.92 Å². The zero-order chi connectivity index (χ0) is 21.9. The van der Waals surface area contributed by atoms with Gasteiger partial charge in [-0.2, -0.15) is 0 Å². The number of piperidine rings is 1. The van der Waals surface area contributed by atoms with Crippen molar-refractivity contribution in [2.45, 2.75) is 25.7 Å². The first-order valence-electron chi connectivity index (χ1n) is 9.96. The van der Waals surface area contributed by atoms with E-state index >= 15 is 0 Å². The monoisotopic (exact) mass is 470 g/mol. The predicted octanol–water partition coefficient (Wildman–Crippen LogP) is 5.04. The van der Waals surface area contributed by atoms with Crippen molar-refractivity contribution in [3.05, 3.63) is 58.1 Å². The molecule has 0 unspecified atom stereocenters. The molecule has 164 valence electrons. The van der Waals surface area contributed by atoms with Crippen molar-refractivity contribution >= 4 is 38.9 Å². The molecule has 0 aliphatic carbocycles. The minimum absolute atomic E-state index is 0.0292. The van der Waals surface area contributed by atoms with E-state index < -0.39 is 10.0 Å². The van der Waals surface area contributed by atoms with Gasteiger partial charge in [-0.1, -0.05) is 55.2 Å². The number of anilines is 1. The highest BCUT2D eigenvalue weighted by molar-refractivity contribution is 7.92. The van der Waals surface area contributed by atoms with E-state index in [1.54, 1.807) is 24.3 Å². The van der Waals surface area contributed by atoms with E-state index in [0.29, 0.717) is 34.0 Å². The lowest BCUT2D eigenvalue weighted by Crippen LogP contribution is -2.48. The van der Waals surface area contributed by atoms with Crippen LogP contribution in [0.15, 0.2) is 42.5 Å². The fourth-order valence-electron chi connectivity index (χ4n) is 4.00. The zero-order valence-corrected chi connectivity index (χ0v) is 19.8. The fourth-order valence-corrected chi connectivity index (χ4v) is 5.06. The molecule has 3 rings (SSSR count). The van der Waals surface area contributed by atoms with Gasteiger partial charge in [0.05, 0.1) is 16.3 Å². The van der Waals surface area contributed by atoms with Gasteiger partial charge in [-0.15, -0.1) is 0 Å². The van der Waals surface area contributed by atoms with Crippen LogP contribution in [0.3, 0.4) is 0 Å². The quantitative estimate of drug-likeness (QED) is 0.615. The Kier molecular flexibility index (Phi) is 7.23. The van der Waals surface area contributed by atoms with Crippen molar-refractivity contribution in [3.8, 4) is 5.75 Å². The minimum atomic E-state index is -3.30. The van der Waals surface area contributed by atoms with Gasteiger partial charge in [0.15, 0.2) is 5.75 Å². The third-order valence-corrected chi connectivity index (χ3v) is 7.17. The molecule has 8 heteroatoms. The number of benzene rings is 2. The first kappa shape index (κ1) is 23.2.